The zero-order chi connectivity index (χ0) is 26.2. The Labute approximate surface area is 260 Å². The predicted molar refractivity (Wildman–Crippen MR) is 161 cm³/mol. The largest absolute Gasteiger partial charge is 1.00 e. The van der Waals surface area contributed by atoms with Crippen molar-refractivity contribution in [3.05, 3.63) is 158 Å². The van der Waals surface area contributed by atoms with Crippen LogP contribution in [0.1, 0.15) is 48.0 Å². The van der Waals surface area contributed by atoms with Crippen LogP contribution in [-0.4, -0.2) is 9.98 Å². The summed E-state index contributed by atoms with van der Waals surface area (Å²) in [7, 11) is -1.91. The van der Waals surface area contributed by atoms with E-state index in [-0.39, 0.29) is 24.8 Å². The summed E-state index contributed by atoms with van der Waals surface area (Å²) in [5, 5.41) is 0. The molecule has 0 aromatic heterocycles. The summed E-state index contributed by atoms with van der Waals surface area (Å²) in [6, 6.07) is 43.7. The van der Waals surface area contributed by atoms with E-state index in [0.717, 1.165) is 0 Å². The molecule has 4 aromatic rings. The van der Waals surface area contributed by atoms with Crippen LogP contribution in [0.3, 0.4) is 0 Å². The molecule has 0 aliphatic heterocycles. The van der Waals surface area contributed by atoms with Gasteiger partial charge in [-0.3, -0.25) is 0 Å². The summed E-state index contributed by atoms with van der Waals surface area (Å²) in [6.45, 7) is 9.69. The van der Waals surface area contributed by atoms with Crippen molar-refractivity contribution in [1.82, 2.24) is 0 Å². The molecule has 4 aromatic carbocycles. The smallest absolute Gasteiger partial charge is 1.00 e. The summed E-state index contributed by atoms with van der Waals surface area (Å²) < 4.78 is 5.70. The average Bonchev–Trinajstić information content (AvgIpc) is 3.44. The van der Waals surface area contributed by atoms with Gasteiger partial charge in [-0.05, 0) is 0 Å². The molecule has 0 amide bonds. The number of fused-ring (bicyclic) bond motifs is 1. The summed E-state index contributed by atoms with van der Waals surface area (Å²) in [5.74, 6) is 0.556. The zero-order valence-electron chi connectivity index (χ0n) is 23.5. The Balaban J connectivity index is 0.00000185. The fourth-order valence-electron chi connectivity index (χ4n) is 6.41. The minimum absolute atomic E-state index is 0. The summed E-state index contributed by atoms with van der Waals surface area (Å²) in [5.41, 5.74) is 10.6. The third-order valence-corrected chi connectivity index (χ3v) is 41.2. The van der Waals surface area contributed by atoms with Crippen molar-refractivity contribution in [3.8, 4) is 0 Å². The van der Waals surface area contributed by atoms with Crippen LogP contribution in [0, 0.1) is 5.92 Å². The number of hydrogen-bond donors (Lipinski definition) is 0. The van der Waals surface area contributed by atoms with Crippen LogP contribution >= 0.6 is 0 Å². The molecule has 0 saturated heterocycles. The third kappa shape index (κ3) is 5.60. The summed E-state index contributed by atoms with van der Waals surface area (Å²) in [4.78, 5) is 0. The van der Waals surface area contributed by atoms with Gasteiger partial charge < -0.3 is 24.8 Å². The van der Waals surface area contributed by atoms with Gasteiger partial charge in [0.15, 0.2) is 0 Å². The molecule has 0 spiro atoms. The molecule has 0 heterocycles. The SMILES string of the molecule is CC1=C(C)C(C)[C]([Zr+2]([CH]2C=C(c3ccccc3)c3ccccc32)=[Ge]([c]2ccccc2)[c]2ccccc2)=C1C.[Cl-].[Cl-]. The van der Waals surface area contributed by atoms with Gasteiger partial charge in [-0.15, -0.1) is 0 Å². The molecule has 0 saturated carbocycles. The van der Waals surface area contributed by atoms with E-state index in [9.17, 15) is 0 Å². The molecular weight excluding hydrogens is 667 g/mol. The topological polar surface area (TPSA) is 0 Å². The van der Waals surface area contributed by atoms with Crippen LogP contribution in [0.15, 0.2) is 141 Å². The second kappa shape index (κ2) is 13.4. The van der Waals surface area contributed by atoms with Crippen molar-refractivity contribution in [3.63, 3.8) is 0 Å². The molecule has 0 radical (unpaired) electrons. The fraction of sp³-hybridized carbons (Fsp3) is 0.167. The first kappa shape index (κ1) is 31.1. The average molecular weight is 701 g/mol. The molecule has 2 atom stereocenters. The molecule has 0 nitrogen and oxygen atoms in total. The van der Waals surface area contributed by atoms with Crippen molar-refractivity contribution >= 4 is 24.3 Å². The van der Waals surface area contributed by atoms with Crippen LogP contribution in [0.2, 0.25) is 0 Å². The van der Waals surface area contributed by atoms with Gasteiger partial charge in [-0.2, -0.15) is 0 Å². The summed E-state index contributed by atoms with van der Waals surface area (Å²) in [6.07, 6.45) is 2.71. The van der Waals surface area contributed by atoms with Crippen molar-refractivity contribution in [1.29, 1.82) is 0 Å². The number of benzene rings is 4. The third-order valence-electron chi connectivity index (χ3n) is 8.64. The van der Waals surface area contributed by atoms with E-state index >= 15 is 0 Å². The first-order valence-electron chi connectivity index (χ1n) is 13.7. The number of halogens is 2. The monoisotopic (exact) mass is 700 g/mol. The molecule has 6 rings (SSSR count). The second-order valence-corrected chi connectivity index (χ2v) is 32.6. The van der Waals surface area contributed by atoms with Crippen molar-refractivity contribution in [2.24, 2.45) is 5.92 Å². The molecule has 2 aliphatic carbocycles. The maximum Gasteiger partial charge on any atom is -1.00 e. The van der Waals surface area contributed by atoms with E-state index in [1.165, 1.54) is 16.7 Å². The van der Waals surface area contributed by atoms with Gasteiger partial charge in [0.25, 0.3) is 0 Å². The molecule has 0 N–H and O–H groups in total. The minimum Gasteiger partial charge on any atom is -1.00 e. The Kier molecular flexibility index (Phi) is 10.4. The number of hydrogen-bond acceptors (Lipinski definition) is 0. The van der Waals surface area contributed by atoms with Gasteiger partial charge in [-0.25, -0.2) is 0 Å². The molecule has 0 fully saturated rings. The maximum atomic E-state index is 2.71. The minimum atomic E-state index is -2.42. The van der Waals surface area contributed by atoms with Crippen LogP contribution in [0.5, 0.6) is 0 Å². The van der Waals surface area contributed by atoms with E-state index < -0.39 is 28.6 Å². The molecule has 4 heteroatoms. The van der Waals surface area contributed by atoms with E-state index in [0.29, 0.717) is 9.54 Å². The first-order valence-corrected chi connectivity index (χ1v) is 25.8. The molecule has 0 bridgehead atoms. The van der Waals surface area contributed by atoms with Gasteiger partial charge in [0.1, 0.15) is 0 Å². The Morgan fingerprint density at radius 3 is 1.62 bits per heavy atom. The van der Waals surface area contributed by atoms with Crippen molar-refractivity contribution < 1.29 is 43.4 Å². The van der Waals surface area contributed by atoms with E-state index in [1.54, 1.807) is 31.1 Å². The normalized spacial score (nSPS) is 17.3. The van der Waals surface area contributed by atoms with Gasteiger partial charge in [0.2, 0.25) is 0 Å². The van der Waals surface area contributed by atoms with Gasteiger partial charge in [-0.1, -0.05) is 0 Å². The van der Waals surface area contributed by atoms with Crippen LogP contribution in [0.4, 0.5) is 0 Å². The Hall–Kier alpha value is -1.89. The van der Waals surface area contributed by atoms with Crippen LogP contribution < -0.4 is 33.6 Å². The predicted octanol–water partition coefficient (Wildman–Crippen LogP) is 1.87. The van der Waals surface area contributed by atoms with E-state index in [1.807, 2.05) is 3.28 Å². The molecule has 2 unspecified atom stereocenters. The van der Waals surface area contributed by atoms with Gasteiger partial charge >= 0.3 is 238 Å². The van der Waals surface area contributed by atoms with Crippen LogP contribution in [-0.2, 0) is 18.6 Å². The van der Waals surface area contributed by atoms with Crippen molar-refractivity contribution in [2.45, 2.75) is 31.3 Å². The Bertz CT molecular complexity index is 1590. The zero-order valence-corrected chi connectivity index (χ0v) is 29.5. The molecule has 2 aliphatic rings. The van der Waals surface area contributed by atoms with Crippen LogP contribution in [0.25, 0.3) is 5.57 Å². The number of rotatable bonds is 5. The van der Waals surface area contributed by atoms with Gasteiger partial charge in [0, 0.05) is 0 Å². The Morgan fingerprint density at radius 1 is 0.600 bits per heavy atom. The Morgan fingerprint density at radius 2 is 1.10 bits per heavy atom. The summed E-state index contributed by atoms with van der Waals surface area (Å²) >= 11 is -2.42. The van der Waals surface area contributed by atoms with E-state index in [2.05, 4.69) is 149 Å². The molecular formula is C36H34Cl2GeZr. The first-order chi connectivity index (χ1) is 18.6. The van der Waals surface area contributed by atoms with E-state index in [4.69, 9.17) is 0 Å². The van der Waals surface area contributed by atoms with Gasteiger partial charge in [0.05, 0.1) is 0 Å². The number of allylic oxidation sites excluding steroid dienone is 5. The quantitative estimate of drug-likeness (QED) is 0.279. The second-order valence-electron chi connectivity index (χ2n) is 10.6. The maximum absolute atomic E-state index is 2.71. The fourth-order valence-corrected chi connectivity index (χ4v) is 45.6. The standard InChI is InChI=1S/C15H11.C12H10Ge.C9H13.2ClH.Zr/c1-2-6-12(7-3-1)15-11-10-13-8-4-5-9-14(13)15;1-3-7-11(8-4-1)13-12-9-5-2-6-10-12;1-6-5-7(2)9(4)8(6)3;;;/h1-11H;1-10H;6H,1-4H3;2*1H;/q;;;;;+2/p-2. The molecule has 200 valence electrons. The molecule has 40 heavy (non-hydrogen) atoms. The van der Waals surface area contributed by atoms with Crippen molar-refractivity contribution in [2.75, 3.05) is 0 Å².